The molecule has 3 aromatic rings. The number of carbonyl (C=O) groups excluding carboxylic acids is 1. The minimum Gasteiger partial charge on any atom is -0.457 e. The number of halogens is 1. The summed E-state index contributed by atoms with van der Waals surface area (Å²) in [6.07, 6.45) is 1.54. The summed E-state index contributed by atoms with van der Waals surface area (Å²) in [4.78, 5) is 13.3. The highest BCUT2D eigenvalue weighted by molar-refractivity contribution is 6.31. The smallest absolute Gasteiger partial charge is 0.346 e. The van der Waals surface area contributed by atoms with Crippen molar-refractivity contribution in [2.75, 3.05) is 13.1 Å². The molecule has 0 unspecified atom stereocenters. The Labute approximate surface area is 188 Å². The van der Waals surface area contributed by atoms with Crippen LogP contribution in [-0.4, -0.2) is 24.7 Å². The van der Waals surface area contributed by atoms with Crippen molar-refractivity contribution in [3.8, 4) is 0 Å². The van der Waals surface area contributed by atoms with Gasteiger partial charge in [-0.15, -0.1) is 0 Å². The first-order valence-electron chi connectivity index (χ1n) is 10.8. The number of hydrogen-bond acceptors (Lipinski definition) is 4. The van der Waals surface area contributed by atoms with E-state index in [1.165, 1.54) is 16.3 Å². The van der Waals surface area contributed by atoms with Crippen LogP contribution in [0.3, 0.4) is 0 Å². The normalized spacial score (nSPS) is 15.9. The van der Waals surface area contributed by atoms with Gasteiger partial charge in [-0.3, -0.25) is 10.6 Å². The highest BCUT2D eigenvalue weighted by atomic mass is 35.5. The maximum absolute atomic E-state index is 13.3. The van der Waals surface area contributed by atoms with Gasteiger partial charge in [0.2, 0.25) is 0 Å². The number of ether oxygens (including phenoxy) is 1. The van der Waals surface area contributed by atoms with Crippen molar-refractivity contribution in [1.29, 1.82) is 0 Å². The van der Waals surface area contributed by atoms with Crippen LogP contribution in [0.15, 0.2) is 60.7 Å². The number of benzene rings is 3. The van der Waals surface area contributed by atoms with Gasteiger partial charge in [0, 0.05) is 23.7 Å². The average molecular weight is 437 g/mol. The van der Waals surface area contributed by atoms with Gasteiger partial charge in [-0.1, -0.05) is 66.2 Å². The summed E-state index contributed by atoms with van der Waals surface area (Å²) in [5.41, 5.74) is 1.39. The molecule has 1 heterocycles. The van der Waals surface area contributed by atoms with Crippen LogP contribution in [0.25, 0.3) is 10.8 Å². The zero-order valence-corrected chi connectivity index (χ0v) is 19.1. The molecule has 0 amide bonds. The van der Waals surface area contributed by atoms with Crippen molar-refractivity contribution in [2.45, 2.75) is 44.9 Å². The number of esters is 1. The van der Waals surface area contributed by atoms with E-state index in [0.29, 0.717) is 18.1 Å². The van der Waals surface area contributed by atoms with E-state index in [4.69, 9.17) is 16.3 Å². The Hall–Kier alpha value is -2.40. The molecule has 1 aliphatic rings. The molecule has 2 N–H and O–H groups in total. The van der Waals surface area contributed by atoms with Crippen molar-refractivity contribution < 1.29 is 9.53 Å². The molecule has 31 heavy (non-hydrogen) atoms. The predicted molar refractivity (Wildman–Crippen MR) is 126 cm³/mol. The van der Waals surface area contributed by atoms with Crippen molar-refractivity contribution in [2.24, 2.45) is 0 Å². The van der Waals surface area contributed by atoms with E-state index >= 15 is 0 Å². The molecular weight excluding hydrogens is 408 g/mol. The molecule has 0 aromatic heterocycles. The second-order valence-corrected chi connectivity index (χ2v) is 9.42. The van der Waals surface area contributed by atoms with E-state index < -0.39 is 11.3 Å². The first kappa shape index (κ1) is 21.8. The number of nitrogens with one attached hydrogen (secondary N) is 2. The lowest BCUT2D eigenvalue weighted by Gasteiger charge is -2.33. The highest BCUT2D eigenvalue weighted by Gasteiger charge is 2.47. The molecule has 0 aliphatic carbocycles. The summed E-state index contributed by atoms with van der Waals surface area (Å²) in [6.45, 7) is 7.00. The topological polar surface area (TPSA) is 50.4 Å². The van der Waals surface area contributed by atoms with Crippen molar-refractivity contribution in [3.63, 3.8) is 0 Å². The summed E-state index contributed by atoms with van der Waals surface area (Å²) in [6, 6.07) is 20.5. The number of fused-ring (bicyclic) bond motifs is 1. The van der Waals surface area contributed by atoms with Crippen LogP contribution < -0.4 is 10.6 Å². The first-order valence-corrected chi connectivity index (χ1v) is 11.2. The summed E-state index contributed by atoms with van der Waals surface area (Å²) < 4.78 is 5.79. The molecule has 0 radical (unpaired) electrons. The molecule has 0 atom stereocenters. The van der Waals surface area contributed by atoms with Gasteiger partial charge in [0.25, 0.3) is 0 Å². The maximum Gasteiger partial charge on any atom is 0.346 e. The van der Waals surface area contributed by atoms with Crippen LogP contribution in [0.5, 0.6) is 0 Å². The summed E-state index contributed by atoms with van der Waals surface area (Å²) in [5.74, 6) is -0.328. The van der Waals surface area contributed by atoms with Crippen molar-refractivity contribution in [1.82, 2.24) is 10.6 Å². The summed E-state index contributed by atoms with van der Waals surface area (Å²) in [5, 5.41) is 9.86. The van der Waals surface area contributed by atoms with Gasteiger partial charge < -0.3 is 4.74 Å². The monoisotopic (exact) mass is 436 g/mol. The quantitative estimate of drug-likeness (QED) is 0.554. The van der Waals surface area contributed by atoms with E-state index in [1.54, 1.807) is 0 Å². The number of carbonyl (C=O) groups is 1. The Morgan fingerprint density at radius 3 is 2.39 bits per heavy atom. The van der Waals surface area contributed by atoms with Crippen molar-refractivity contribution >= 4 is 28.3 Å². The fourth-order valence-corrected chi connectivity index (χ4v) is 4.57. The van der Waals surface area contributed by atoms with E-state index in [0.717, 1.165) is 24.0 Å². The van der Waals surface area contributed by atoms with Gasteiger partial charge in [-0.05, 0) is 61.6 Å². The molecule has 3 aromatic carbocycles. The number of rotatable bonds is 5. The highest BCUT2D eigenvalue weighted by Crippen LogP contribution is 2.33. The third-order valence-electron chi connectivity index (χ3n) is 5.66. The predicted octanol–water partition coefficient (Wildman–Crippen LogP) is 4.97. The van der Waals surface area contributed by atoms with Gasteiger partial charge >= 0.3 is 5.97 Å². The van der Waals surface area contributed by atoms with Crippen LogP contribution in [0.4, 0.5) is 0 Å². The summed E-state index contributed by atoms with van der Waals surface area (Å²) in [7, 11) is 0. The van der Waals surface area contributed by atoms with Crippen LogP contribution in [0.2, 0.25) is 5.02 Å². The van der Waals surface area contributed by atoms with E-state index in [2.05, 4.69) is 53.1 Å². The van der Waals surface area contributed by atoms with Crippen LogP contribution in [-0.2, 0) is 28.0 Å². The molecule has 1 saturated heterocycles. The minimum atomic E-state index is -1.09. The van der Waals surface area contributed by atoms with E-state index in [1.807, 2.05) is 39.0 Å². The third kappa shape index (κ3) is 4.47. The standard InChI is InChI=1S/C26H29ClN2O2/c1-25(2,3)31-24(30)26(28-16-17-29-26)22-12-7-13-23(27)21(22)15-14-19-10-6-9-18-8-4-5-11-20(18)19/h4-13,28-29H,14-17H2,1-3H3. The average Bonchev–Trinajstić information content (AvgIpc) is 3.23. The first-order chi connectivity index (χ1) is 14.8. The second kappa shape index (κ2) is 8.62. The zero-order valence-electron chi connectivity index (χ0n) is 18.3. The van der Waals surface area contributed by atoms with Crippen molar-refractivity contribution in [3.05, 3.63) is 82.4 Å². The van der Waals surface area contributed by atoms with Crippen LogP contribution >= 0.6 is 11.6 Å². The lowest BCUT2D eigenvalue weighted by atomic mass is 9.90. The molecule has 1 fully saturated rings. The molecular formula is C26H29ClN2O2. The Morgan fingerprint density at radius 2 is 1.65 bits per heavy atom. The number of aryl methyl sites for hydroxylation is 1. The molecule has 4 rings (SSSR count). The minimum absolute atomic E-state index is 0.328. The Kier molecular flexibility index (Phi) is 6.07. The molecule has 5 heteroatoms. The Balaban J connectivity index is 1.70. The van der Waals surface area contributed by atoms with Gasteiger partial charge in [0.1, 0.15) is 5.60 Å². The molecule has 0 saturated carbocycles. The molecule has 0 spiro atoms. The molecule has 4 nitrogen and oxygen atoms in total. The van der Waals surface area contributed by atoms with Gasteiger partial charge in [0.05, 0.1) is 0 Å². The SMILES string of the molecule is CC(C)(C)OC(=O)C1(c2cccc(Cl)c2CCc2cccc3ccccc23)NCCN1. The second-order valence-electron chi connectivity index (χ2n) is 9.01. The van der Waals surface area contributed by atoms with E-state index in [9.17, 15) is 4.79 Å². The van der Waals surface area contributed by atoms with E-state index in [-0.39, 0.29) is 5.97 Å². The van der Waals surface area contributed by atoms with Gasteiger partial charge in [0.15, 0.2) is 5.66 Å². The Bertz CT molecular complexity index is 1090. The van der Waals surface area contributed by atoms with Crippen LogP contribution in [0, 0.1) is 0 Å². The molecule has 0 bridgehead atoms. The lowest BCUT2D eigenvalue weighted by molar-refractivity contribution is -0.164. The zero-order chi connectivity index (χ0) is 22.1. The fourth-order valence-electron chi connectivity index (χ4n) is 4.30. The largest absolute Gasteiger partial charge is 0.457 e. The lowest BCUT2D eigenvalue weighted by Crippen LogP contribution is -2.55. The Morgan fingerprint density at radius 1 is 0.968 bits per heavy atom. The third-order valence-corrected chi connectivity index (χ3v) is 6.01. The molecule has 1 aliphatic heterocycles. The van der Waals surface area contributed by atoms with Gasteiger partial charge in [-0.2, -0.15) is 0 Å². The van der Waals surface area contributed by atoms with Gasteiger partial charge in [-0.25, -0.2) is 4.79 Å². The van der Waals surface area contributed by atoms with Crippen LogP contribution in [0.1, 0.15) is 37.5 Å². The maximum atomic E-state index is 13.3. The fraction of sp³-hybridized carbons (Fsp3) is 0.346. The number of hydrogen-bond donors (Lipinski definition) is 2. The summed E-state index contributed by atoms with van der Waals surface area (Å²) >= 11 is 6.68. The molecule has 162 valence electrons.